The molecule has 0 unspecified atom stereocenters. The van der Waals surface area contributed by atoms with Gasteiger partial charge in [0.2, 0.25) is 0 Å². The molecule has 8 heteroatoms. The number of rotatable bonds is 3. The largest absolute Gasteiger partial charge is 0.417 e. The number of aromatic nitrogens is 3. The Bertz CT molecular complexity index is 566. The van der Waals surface area contributed by atoms with E-state index < -0.39 is 11.7 Å². The molecule has 0 amide bonds. The van der Waals surface area contributed by atoms with Crippen molar-refractivity contribution in [2.45, 2.75) is 12.8 Å². The molecular weight excluding hydrogens is 283 g/mol. The molecule has 2 aromatic rings. The van der Waals surface area contributed by atoms with E-state index in [9.17, 15) is 13.2 Å². The summed E-state index contributed by atoms with van der Waals surface area (Å²) in [6, 6.07) is 3.69. The SMILES string of the molecule is COCc1cc(Cl)n(-c2ccc(C(F)(F)F)cn2)n1. The molecule has 102 valence electrons. The first-order chi connectivity index (χ1) is 8.91. The minimum atomic E-state index is -4.42. The van der Waals surface area contributed by atoms with Gasteiger partial charge in [0.15, 0.2) is 5.82 Å². The minimum Gasteiger partial charge on any atom is -0.378 e. The molecule has 0 aliphatic carbocycles. The first-order valence-electron chi connectivity index (χ1n) is 5.19. The van der Waals surface area contributed by atoms with Crippen LogP contribution in [0.25, 0.3) is 5.82 Å². The van der Waals surface area contributed by atoms with E-state index in [1.165, 1.54) is 17.9 Å². The first-order valence-corrected chi connectivity index (χ1v) is 5.56. The van der Waals surface area contributed by atoms with Crippen LogP contribution in [0.5, 0.6) is 0 Å². The quantitative estimate of drug-likeness (QED) is 0.872. The highest BCUT2D eigenvalue weighted by Gasteiger charge is 2.30. The fourth-order valence-corrected chi connectivity index (χ4v) is 1.71. The zero-order valence-corrected chi connectivity index (χ0v) is 10.5. The lowest BCUT2D eigenvalue weighted by molar-refractivity contribution is -0.137. The number of hydrogen-bond acceptors (Lipinski definition) is 3. The van der Waals surface area contributed by atoms with E-state index in [0.717, 1.165) is 12.3 Å². The summed E-state index contributed by atoms with van der Waals surface area (Å²) in [7, 11) is 1.50. The van der Waals surface area contributed by atoms with Crippen molar-refractivity contribution in [3.05, 3.63) is 40.8 Å². The zero-order valence-electron chi connectivity index (χ0n) is 9.78. The molecule has 2 rings (SSSR count). The van der Waals surface area contributed by atoms with E-state index in [-0.39, 0.29) is 17.6 Å². The van der Waals surface area contributed by atoms with Gasteiger partial charge in [0.1, 0.15) is 5.15 Å². The van der Waals surface area contributed by atoms with Crippen LogP contribution in [-0.2, 0) is 17.5 Å². The van der Waals surface area contributed by atoms with Gasteiger partial charge >= 0.3 is 6.18 Å². The number of nitrogens with zero attached hydrogens (tertiary/aromatic N) is 3. The van der Waals surface area contributed by atoms with Crippen LogP contribution in [0.3, 0.4) is 0 Å². The Morgan fingerprint density at radius 3 is 2.63 bits per heavy atom. The van der Waals surface area contributed by atoms with E-state index in [2.05, 4.69) is 10.1 Å². The second-order valence-electron chi connectivity index (χ2n) is 3.71. The van der Waals surface area contributed by atoms with Gasteiger partial charge in [-0.2, -0.15) is 18.3 Å². The maximum absolute atomic E-state index is 12.4. The molecule has 0 spiro atoms. The monoisotopic (exact) mass is 291 g/mol. The van der Waals surface area contributed by atoms with Crippen molar-refractivity contribution in [2.75, 3.05) is 7.11 Å². The van der Waals surface area contributed by atoms with E-state index in [1.807, 2.05) is 0 Å². The van der Waals surface area contributed by atoms with Crippen LogP contribution in [0.1, 0.15) is 11.3 Å². The van der Waals surface area contributed by atoms with Crippen LogP contribution in [0.4, 0.5) is 13.2 Å². The fourth-order valence-electron chi connectivity index (χ4n) is 1.46. The third-order valence-corrected chi connectivity index (χ3v) is 2.57. The Morgan fingerprint density at radius 2 is 2.11 bits per heavy atom. The maximum atomic E-state index is 12.4. The van der Waals surface area contributed by atoms with Crippen molar-refractivity contribution in [3.63, 3.8) is 0 Å². The smallest absolute Gasteiger partial charge is 0.378 e. The number of pyridine rings is 1. The number of ether oxygens (including phenoxy) is 1. The molecule has 4 nitrogen and oxygen atoms in total. The van der Waals surface area contributed by atoms with Crippen molar-refractivity contribution < 1.29 is 17.9 Å². The summed E-state index contributed by atoms with van der Waals surface area (Å²) in [5.74, 6) is 0.209. The van der Waals surface area contributed by atoms with Crippen molar-refractivity contribution >= 4 is 11.6 Å². The second-order valence-corrected chi connectivity index (χ2v) is 4.09. The van der Waals surface area contributed by atoms with Crippen LogP contribution < -0.4 is 0 Å². The molecule has 0 atom stereocenters. The van der Waals surface area contributed by atoms with Gasteiger partial charge in [0.25, 0.3) is 0 Å². The van der Waals surface area contributed by atoms with Gasteiger partial charge in [0, 0.05) is 19.4 Å². The Balaban J connectivity index is 2.32. The first kappa shape index (κ1) is 13.8. The predicted octanol–water partition coefficient (Wildman–Crippen LogP) is 3.09. The lowest BCUT2D eigenvalue weighted by Crippen LogP contribution is -2.07. The lowest BCUT2D eigenvalue weighted by atomic mass is 10.3. The molecule has 0 aromatic carbocycles. The summed E-state index contributed by atoms with van der Waals surface area (Å²) in [6.45, 7) is 0.257. The zero-order chi connectivity index (χ0) is 14.0. The molecular formula is C11H9ClF3N3O. The van der Waals surface area contributed by atoms with Gasteiger partial charge in [-0.25, -0.2) is 9.67 Å². The molecule has 0 saturated heterocycles. The molecule has 19 heavy (non-hydrogen) atoms. The number of halogens is 4. The fraction of sp³-hybridized carbons (Fsp3) is 0.273. The number of methoxy groups -OCH3 is 1. The average Bonchev–Trinajstić information content (AvgIpc) is 2.70. The molecule has 0 aliphatic heterocycles. The summed E-state index contributed by atoms with van der Waals surface area (Å²) < 4.78 is 43.3. The lowest BCUT2D eigenvalue weighted by Gasteiger charge is -2.07. The van der Waals surface area contributed by atoms with Crippen LogP contribution >= 0.6 is 11.6 Å². The highest BCUT2D eigenvalue weighted by Crippen LogP contribution is 2.29. The average molecular weight is 292 g/mol. The Labute approximate surface area is 111 Å². The van der Waals surface area contributed by atoms with Crippen molar-refractivity contribution in [1.29, 1.82) is 0 Å². The molecule has 2 heterocycles. The van der Waals surface area contributed by atoms with Crippen molar-refractivity contribution in [2.24, 2.45) is 0 Å². The summed E-state index contributed by atoms with van der Waals surface area (Å²) in [5.41, 5.74) is -0.258. The third kappa shape index (κ3) is 3.05. The highest BCUT2D eigenvalue weighted by atomic mass is 35.5. The van der Waals surface area contributed by atoms with Crippen LogP contribution in [0.2, 0.25) is 5.15 Å². The van der Waals surface area contributed by atoms with Crippen LogP contribution in [0, 0.1) is 0 Å². The molecule has 0 bridgehead atoms. The van der Waals surface area contributed by atoms with Gasteiger partial charge in [-0.05, 0) is 12.1 Å². The third-order valence-electron chi connectivity index (χ3n) is 2.30. The topological polar surface area (TPSA) is 39.9 Å². The second kappa shape index (κ2) is 5.18. The Morgan fingerprint density at radius 1 is 1.37 bits per heavy atom. The molecule has 0 saturated carbocycles. The van der Waals surface area contributed by atoms with Crippen molar-refractivity contribution in [1.82, 2.24) is 14.8 Å². The van der Waals surface area contributed by atoms with E-state index in [0.29, 0.717) is 5.69 Å². The summed E-state index contributed by atoms with van der Waals surface area (Å²) in [4.78, 5) is 3.70. The maximum Gasteiger partial charge on any atom is 0.417 e. The highest BCUT2D eigenvalue weighted by molar-refractivity contribution is 6.29. The van der Waals surface area contributed by atoms with E-state index >= 15 is 0 Å². The van der Waals surface area contributed by atoms with Gasteiger partial charge < -0.3 is 4.74 Å². The van der Waals surface area contributed by atoms with Crippen LogP contribution in [-0.4, -0.2) is 21.9 Å². The molecule has 2 aromatic heterocycles. The molecule has 0 fully saturated rings. The van der Waals surface area contributed by atoms with E-state index in [4.69, 9.17) is 16.3 Å². The van der Waals surface area contributed by atoms with Gasteiger partial charge in [-0.3, -0.25) is 0 Å². The molecule has 0 aliphatic rings. The summed E-state index contributed by atoms with van der Waals surface area (Å²) >= 11 is 5.93. The Hall–Kier alpha value is -1.60. The van der Waals surface area contributed by atoms with Gasteiger partial charge in [-0.1, -0.05) is 11.6 Å². The standard InChI is InChI=1S/C11H9ClF3N3O/c1-19-6-8-4-9(12)18(17-8)10-3-2-7(5-16-10)11(13,14)15/h2-5H,6H2,1H3. The predicted molar refractivity (Wildman–Crippen MR) is 62.1 cm³/mol. The van der Waals surface area contributed by atoms with E-state index in [1.54, 1.807) is 6.07 Å². The van der Waals surface area contributed by atoms with Gasteiger partial charge in [0.05, 0.1) is 17.9 Å². The molecule has 0 N–H and O–H groups in total. The Kier molecular flexibility index (Phi) is 3.77. The number of hydrogen-bond donors (Lipinski definition) is 0. The number of alkyl halides is 3. The van der Waals surface area contributed by atoms with Gasteiger partial charge in [-0.15, -0.1) is 0 Å². The normalized spacial score (nSPS) is 11.8. The molecule has 0 radical (unpaired) electrons. The van der Waals surface area contributed by atoms with Crippen LogP contribution in [0.15, 0.2) is 24.4 Å². The van der Waals surface area contributed by atoms with Crippen molar-refractivity contribution in [3.8, 4) is 5.82 Å². The minimum absolute atomic E-state index is 0.209. The summed E-state index contributed by atoms with van der Waals surface area (Å²) in [5, 5.41) is 4.33. The summed E-state index contributed by atoms with van der Waals surface area (Å²) in [6.07, 6.45) is -3.68.